The van der Waals surface area contributed by atoms with E-state index in [9.17, 15) is 24.8 Å². The van der Waals surface area contributed by atoms with E-state index in [1.807, 2.05) is 145 Å². The van der Waals surface area contributed by atoms with Crippen molar-refractivity contribution in [3.8, 4) is 0 Å². The second-order valence-corrected chi connectivity index (χ2v) is 25.7. The van der Waals surface area contributed by atoms with Crippen molar-refractivity contribution in [3.63, 3.8) is 0 Å². The van der Waals surface area contributed by atoms with Crippen LogP contribution in [0.4, 0.5) is 4.39 Å². The highest BCUT2D eigenvalue weighted by atomic mass is 19.1. The van der Waals surface area contributed by atoms with Gasteiger partial charge in [0.2, 0.25) is 0 Å². The van der Waals surface area contributed by atoms with Crippen molar-refractivity contribution in [3.05, 3.63) is 0 Å². The first-order valence-electron chi connectivity index (χ1n) is 22.9. The topological polar surface area (TPSA) is 214 Å². The molecule has 0 radical (unpaired) electrons. The van der Waals surface area contributed by atoms with Crippen LogP contribution in [-0.2, 0) is 28.4 Å². The third-order valence-corrected chi connectivity index (χ3v) is 11.2. The van der Waals surface area contributed by atoms with E-state index in [1.54, 1.807) is 6.92 Å². The summed E-state index contributed by atoms with van der Waals surface area (Å²) in [6.07, 6.45) is -3.55. The van der Waals surface area contributed by atoms with Crippen LogP contribution in [0.1, 0.15) is 179 Å². The average molecular weight is 912 g/mol. The number of hydrogen-bond donors (Lipinski definition) is 7. The van der Waals surface area contributed by atoms with Gasteiger partial charge >= 0.3 is 0 Å². The monoisotopic (exact) mass is 912 g/mol. The van der Waals surface area contributed by atoms with Gasteiger partial charge in [0.05, 0.1) is 65.2 Å². The maximum absolute atomic E-state index is 13.4. The van der Waals surface area contributed by atoms with E-state index in [0.717, 1.165) is 6.42 Å². The Morgan fingerprint density at radius 1 is 0.429 bits per heavy atom. The molecule has 3 aliphatic carbocycles. The molecule has 0 saturated heterocycles. The number of ether oxygens (including phenoxy) is 6. The van der Waals surface area contributed by atoms with Crippen LogP contribution in [0.2, 0.25) is 0 Å². The molecule has 0 heterocycles. The Labute approximate surface area is 384 Å². The third-order valence-electron chi connectivity index (χ3n) is 11.2. The lowest BCUT2D eigenvalue weighted by atomic mass is 9.69. The smallest absolute Gasteiger partial charge is 0.112 e. The summed E-state index contributed by atoms with van der Waals surface area (Å²) in [6.45, 7) is 42.0. The molecule has 3 aliphatic rings. The fourth-order valence-corrected chi connectivity index (χ4v) is 8.50. The highest BCUT2D eigenvalue weighted by molar-refractivity contribution is 5.06. The number of aliphatic hydroxyl groups excluding tert-OH is 4. The lowest BCUT2D eigenvalue weighted by Gasteiger charge is -2.51. The van der Waals surface area contributed by atoms with E-state index in [1.165, 1.54) is 0 Å². The van der Waals surface area contributed by atoms with E-state index in [4.69, 9.17) is 45.6 Å². The minimum Gasteiger partial charge on any atom is -0.396 e. The van der Waals surface area contributed by atoms with Crippen LogP contribution in [0, 0.1) is 16.2 Å². The Morgan fingerprint density at radius 2 is 0.651 bits per heavy atom. The Bertz CT molecular complexity index is 1280. The molecule has 380 valence electrons. The highest BCUT2D eigenvalue weighted by Gasteiger charge is 2.54. The molecule has 0 bridgehead atoms. The molecule has 0 aromatic carbocycles. The standard InChI is InChI=1S/C16H32FNO3.C16H33NO4.C16H33NO3.CH4/c1-14(2,3)20-11-10(18)8-16(7,9-17)13(19)12(11)21-15(4,5)6;1-14(2,3)20-11-10(17)8-16(7,9-18)13(19)12(11)21-15(4,5)6;1-14(2,3)19-11-10(17)9-16(7,8)13(18)12(11)20-15(4,5)6;/h10-13,19H,8-9,18H2,1-7H3;10-13,18-19H,8-9,17H2,1-7H3;10-13,18H,9,17H2,1-8H3;1H4/t2*10-,11+,12-,13+,16+;10-,11+,12-,13+;/m000./s1. The third kappa shape index (κ3) is 19.9. The molecule has 3 saturated carbocycles. The van der Waals surface area contributed by atoms with Gasteiger partial charge in [-0.1, -0.05) is 35.1 Å². The normalized spacial score (nSPS) is 36.9. The molecule has 0 amide bonds. The SMILES string of the molecule is C.CC(C)(C)O[C@H]1[C@H](OC(C)(C)C)[C@@H](N)CC(C)(C)[C@@H]1O.CC(C)(C)O[C@H]1[C@H](OC(C)(C)C)[C@@H](N)C[C@](C)(CF)[C@@H]1O.CC(C)(C)O[C@H]1[C@H](OC(C)(C)C)[C@@H](N)C[C@](C)(CO)[C@@H]1O. The summed E-state index contributed by atoms with van der Waals surface area (Å²) in [6, 6.07) is -0.808. The van der Waals surface area contributed by atoms with Crippen LogP contribution in [0.3, 0.4) is 0 Å². The molecule has 3 rings (SSSR count). The molecular weight excluding hydrogens is 810 g/mol. The van der Waals surface area contributed by atoms with Gasteiger partial charge in [-0.2, -0.15) is 0 Å². The van der Waals surface area contributed by atoms with Gasteiger partial charge in [-0.05, 0) is 149 Å². The van der Waals surface area contributed by atoms with Gasteiger partial charge in [-0.25, -0.2) is 0 Å². The summed E-state index contributed by atoms with van der Waals surface area (Å²) in [7, 11) is 0. The summed E-state index contributed by atoms with van der Waals surface area (Å²) in [5.74, 6) is 0. The molecule has 13 nitrogen and oxygen atoms in total. The molecule has 0 spiro atoms. The first-order valence-corrected chi connectivity index (χ1v) is 22.9. The number of alkyl halides is 1. The maximum atomic E-state index is 13.4. The summed E-state index contributed by atoms with van der Waals surface area (Å²) in [4.78, 5) is 0. The molecule has 3 fully saturated rings. The predicted molar refractivity (Wildman–Crippen MR) is 253 cm³/mol. The van der Waals surface area contributed by atoms with E-state index in [0.29, 0.717) is 12.8 Å². The molecule has 14 heteroatoms. The Hall–Kier alpha value is -0.590. The summed E-state index contributed by atoms with van der Waals surface area (Å²) >= 11 is 0. The van der Waals surface area contributed by atoms with E-state index in [-0.39, 0.29) is 60.5 Å². The van der Waals surface area contributed by atoms with Crippen molar-refractivity contribution >= 4 is 0 Å². The van der Waals surface area contributed by atoms with Crippen molar-refractivity contribution in [2.45, 2.75) is 286 Å². The van der Waals surface area contributed by atoms with Crippen LogP contribution in [0.15, 0.2) is 0 Å². The summed E-state index contributed by atoms with van der Waals surface area (Å²) in [5.41, 5.74) is 14.6. The van der Waals surface area contributed by atoms with Crippen LogP contribution < -0.4 is 17.2 Å². The molecule has 63 heavy (non-hydrogen) atoms. The summed E-state index contributed by atoms with van der Waals surface area (Å²) < 4.78 is 49.8. The lowest BCUT2D eigenvalue weighted by molar-refractivity contribution is -0.241. The minimum absolute atomic E-state index is 0. The van der Waals surface area contributed by atoms with Gasteiger partial charge < -0.3 is 66.0 Å². The van der Waals surface area contributed by atoms with Gasteiger partial charge in [-0.15, -0.1) is 0 Å². The number of halogens is 1. The van der Waals surface area contributed by atoms with Gasteiger partial charge in [0, 0.05) is 29.0 Å². The molecule has 0 aromatic heterocycles. The Balaban J connectivity index is 0.000000908. The van der Waals surface area contributed by atoms with Crippen molar-refractivity contribution in [2.75, 3.05) is 13.3 Å². The molecule has 14 atom stereocenters. The maximum Gasteiger partial charge on any atom is 0.112 e. The zero-order valence-corrected chi connectivity index (χ0v) is 43.3. The minimum atomic E-state index is -0.950. The fraction of sp³-hybridized carbons (Fsp3) is 1.00. The first kappa shape index (κ1) is 62.4. The Morgan fingerprint density at radius 3 is 0.905 bits per heavy atom. The quantitative estimate of drug-likeness (QED) is 0.131. The number of aliphatic hydroxyl groups is 4. The Kier molecular flexibility index (Phi) is 22.0. The van der Waals surface area contributed by atoms with Gasteiger partial charge in [-0.3, -0.25) is 4.39 Å². The van der Waals surface area contributed by atoms with Gasteiger partial charge in [0.25, 0.3) is 0 Å². The average Bonchev–Trinajstić information content (AvgIpc) is 3.04. The molecule has 10 N–H and O–H groups in total. The van der Waals surface area contributed by atoms with Crippen molar-refractivity contribution in [1.82, 2.24) is 0 Å². The second-order valence-electron chi connectivity index (χ2n) is 25.7. The van der Waals surface area contributed by atoms with Gasteiger partial charge in [0.1, 0.15) is 36.6 Å². The van der Waals surface area contributed by atoms with Crippen LogP contribution in [0.25, 0.3) is 0 Å². The number of nitrogens with two attached hydrogens (primary N) is 3. The second kappa shape index (κ2) is 22.2. The first-order chi connectivity index (χ1) is 27.3. The molecule has 0 aliphatic heterocycles. The van der Waals surface area contributed by atoms with Crippen molar-refractivity contribution in [1.29, 1.82) is 0 Å². The fourth-order valence-electron chi connectivity index (χ4n) is 8.50. The molecular formula is C49H102FN3O10. The molecule has 0 aromatic rings. The highest BCUT2D eigenvalue weighted by Crippen LogP contribution is 2.43. The predicted octanol–water partition coefficient (Wildman–Crippen LogP) is 6.97. The van der Waals surface area contributed by atoms with Crippen LogP contribution in [0.5, 0.6) is 0 Å². The number of rotatable bonds is 8. The van der Waals surface area contributed by atoms with Gasteiger partial charge in [0.15, 0.2) is 0 Å². The summed E-state index contributed by atoms with van der Waals surface area (Å²) in [5, 5.41) is 41.7. The zero-order chi connectivity index (χ0) is 49.2. The van der Waals surface area contributed by atoms with E-state index in [2.05, 4.69) is 0 Å². The van der Waals surface area contributed by atoms with E-state index >= 15 is 0 Å². The number of hydrogen-bond acceptors (Lipinski definition) is 13. The van der Waals surface area contributed by atoms with Crippen LogP contribution >= 0.6 is 0 Å². The van der Waals surface area contributed by atoms with Crippen molar-refractivity contribution < 1.29 is 53.2 Å². The van der Waals surface area contributed by atoms with Crippen molar-refractivity contribution in [2.24, 2.45) is 33.4 Å². The lowest BCUT2D eigenvalue weighted by Crippen LogP contribution is -2.65. The van der Waals surface area contributed by atoms with Crippen LogP contribution in [-0.4, -0.2) is 140 Å². The van der Waals surface area contributed by atoms with E-state index < -0.39 is 83.1 Å². The largest absolute Gasteiger partial charge is 0.396 e. The zero-order valence-electron chi connectivity index (χ0n) is 43.3. The molecule has 0 unspecified atom stereocenters.